The Hall–Kier alpha value is -1.55. The lowest BCUT2D eigenvalue weighted by Crippen LogP contribution is -2.36. The predicted molar refractivity (Wildman–Crippen MR) is 69.0 cm³/mol. The molecule has 2 N–H and O–H groups in total. The predicted octanol–water partition coefficient (Wildman–Crippen LogP) is 1.79. The fraction of sp³-hybridized carbons (Fsp3) is 0.500. The van der Waals surface area contributed by atoms with Crippen LogP contribution in [0.25, 0.3) is 0 Å². The Morgan fingerprint density at radius 1 is 1.39 bits per heavy atom. The van der Waals surface area contributed by atoms with E-state index < -0.39 is 11.4 Å². The van der Waals surface area contributed by atoms with Gasteiger partial charge in [0.25, 0.3) is 0 Å². The average molecular weight is 249 g/mol. The second-order valence-electron chi connectivity index (χ2n) is 4.72. The van der Waals surface area contributed by atoms with E-state index >= 15 is 0 Å². The third kappa shape index (κ3) is 2.34. The largest absolute Gasteiger partial charge is 0.497 e. The van der Waals surface area contributed by atoms with E-state index in [9.17, 15) is 9.90 Å². The minimum Gasteiger partial charge on any atom is -0.497 e. The first-order valence-electron chi connectivity index (χ1n) is 6.28. The summed E-state index contributed by atoms with van der Waals surface area (Å²) in [6.45, 7) is 1.63. The fourth-order valence-corrected chi connectivity index (χ4v) is 2.61. The zero-order valence-electron chi connectivity index (χ0n) is 10.6. The molecule has 1 aliphatic rings. The third-order valence-corrected chi connectivity index (χ3v) is 3.72. The molecule has 1 heterocycles. The van der Waals surface area contributed by atoms with Gasteiger partial charge in [0.2, 0.25) is 0 Å². The van der Waals surface area contributed by atoms with Gasteiger partial charge in [0, 0.05) is 0 Å². The SMILES string of the molecule is COc1cccc(C2(C(=O)O)CCCNCC2)c1. The number of benzene rings is 1. The van der Waals surface area contributed by atoms with Crippen molar-refractivity contribution >= 4 is 5.97 Å². The topological polar surface area (TPSA) is 58.6 Å². The van der Waals surface area contributed by atoms with Crippen LogP contribution in [0.4, 0.5) is 0 Å². The third-order valence-electron chi connectivity index (χ3n) is 3.72. The van der Waals surface area contributed by atoms with Crippen LogP contribution in [-0.4, -0.2) is 31.3 Å². The molecule has 1 aromatic rings. The molecule has 2 rings (SSSR count). The average Bonchev–Trinajstić information content (AvgIpc) is 2.65. The number of carboxylic acid groups (broad SMARTS) is 1. The molecule has 98 valence electrons. The van der Waals surface area contributed by atoms with Gasteiger partial charge in [-0.1, -0.05) is 12.1 Å². The summed E-state index contributed by atoms with van der Waals surface area (Å²) < 4.78 is 5.19. The Bertz CT molecular complexity index is 423. The minimum absolute atomic E-state index is 0.621. The Balaban J connectivity index is 2.41. The first kappa shape index (κ1) is 12.9. The van der Waals surface area contributed by atoms with Crippen LogP contribution in [0.15, 0.2) is 24.3 Å². The molecule has 18 heavy (non-hydrogen) atoms. The van der Waals surface area contributed by atoms with Gasteiger partial charge in [-0.3, -0.25) is 4.79 Å². The standard InChI is InChI=1S/C14H19NO3/c1-18-12-5-2-4-11(10-12)14(13(16)17)6-3-8-15-9-7-14/h2,4-5,10,15H,3,6-9H2,1H3,(H,16,17). The van der Waals surface area contributed by atoms with Crippen molar-refractivity contribution in [1.82, 2.24) is 5.32 Å². The van der Waals surface area contributed by atoms with Crippen molar-refractivity contribution in [3.05, 3.63) is 29.8 Å². The lowest BCUT2D eigenvalue weighted by molar-refractivity contribution is -0.144. The van der Waals surface area contributed by atoms with Crippen LogP contribution in [-0.2, 0) is 10.2 Å². The number of hydrogen-bond acceptors (Lipinski definition) is 3. The Morgan fingerprint density at radius 2 is 2.22 bits per heavy atom. The number of hydrogen-bond donors (Lipinski definition) is 2. The molecule has 1 aliphatic heterocycles. The number of nitrogens with one attached hydrogen (secondary N) is 1. The molecule has 0 saturated carbocycles. The lowest BCUT2D eigenvalue weighted by Gasteiger charge is -2.28. The van der Waals surface area contributed by atoms with E-state index in [1.165, 1.54) is 0 Å². The molecule has 0 aromatic heterocycles. The summed E-state index contributed by atoms with van der Waals surface area (Å²) in [6.07, 6.45) is 2.17. The van der Waals surface area contributed by atoms with Crippen molar-refractivity contribution in [2.75, 3.05) is 20.2 Å². The molecule has 1 saturated heterocycles. The van der Waals surface area contributed by atoms with E-state index in [0.717, 1.165) is 25.1 Å². The number of ether oxygens (including phenoxy) is 1. The number of carboxylic acids is 1. The summed E-state index contributed by atoms with van der Waals surface area (Å²) in [5.41, 5.74) is 0.0657. The van der Waals surface area contributed by atoms with Crippen molar-refractivity contribution < 1.29 is 14.6 Å². The molecule has 0 bridgehead atoms. The van der Waals surface area contributed by atoms with Crippen LogP contribution >= 0.6 is 0 Å². The van der Waals surface area contributed by atoms with Crippen LogP contribution in [0.5, 0.6) is 5.75 Å². The van der Waals surface area contributed by atoms with Crippen LogP contribution < -0.4 is 10.1 Å². The maximum Gasteiger partial charge on any atom is 0.314 e. The number of carbonyl (C=O) groups is 1. The van der Waals surface area contributed by atoms with E-state index in [1.807, 2.05) is 24.3 Å². The number of aliphatic carboxylic acids is 1. The monoisotopic (exact) mass is 249 g/mol. The van der Waals surface area contributed by atoms with Crippen LogP contribution in [0, 0.1) is 0 Å². The molecule has 1 fully saturated rings. The second-order valence-corrected chi connectivity index (χ2v) is 4.72. The van der Waals surface area contributed by atoms with Gasteiger partial charge in [0.1, 0.15) is 5.75 Å². The van der Waals surface area contributed by atoms with E-state index in [4.69, 9.17) is 4.74 Å². The normalized spacial score (nSPS) is 24.3. The Morgan fingerprint density at radius 3 is 2.94 bits per heavy atom. The van der Waals surface area contributed by atoms with Crippen molar-refractivity contribution in [1.29, 1.82) is 0 Å². The van der Waals surface area contributed by atoms with Crippen molar-refractivity contribution in [3.63, 3.8) is 0 Å². The smallest absolute Gasteiger partial charge is 0.314 e. The van der Waals surface area contributed by atoms with Crippen molar-refractivity contribution in [3.8, 4) is 5.75 Å². The molecule has 1 aromatic carbocycles. The highest BCUT2D eigenvalue weighted by Gasteiger charge is 2.40. The zero-order chi connectivity index (χ0) is 13.0. The number of methoxy groups -OCH3 is 1. The van der Waals surface area contributed by atoms with Gasteiger partial charge < -0.3 is 15.2 Å². The molecular weight excluding hydrogens is 230 g/mol. The Kier molecular flexibility index (Phi) is 3.87. The van der Waals surface area contributed by atoms with Crippen LogP contribution in [0.1, 0.15) is 24.8 Å². The van der Waals surface area contributed by atoms with Crippen LogP contribution in [0.2, 0.25) is 0 Å². The minimum atomic E-state index is -0.780. The molecule has 0 aliphatic carbocycles. The second kappa shape index (κ2) is 5.40. The molecule has 0 spiro atoms. The summed E-state index contributed by atoms with van der Waals surface area (Å²) in [5, 5.41) is 12.9. The van der Waals surface area contributed by atoms with Crippen LogP contribution in [0.3, 0.4) is 0 Å². The van der Waals surface area contributed by atoms with Gasteiger partial charge in [-0.2, -0.15) is 0 Å². The first-order chi connectivity index (χ1) is 8.69. The van der Waals surface area contributed by atoms with E-state index in [1.54, 1.807) is 7.11 Å². The fourth-order valence-electron chi connectivity index (χ4n) is 2.61. The van der Waals surface area contributed by atoms with E-state index in [2.05, 4.69) is 5.32 Å². The Labute approximate surface area is 107 Å². The summed E-state index contributed by atoms with van der Waals surface area (Å²) in [4.78, 5) is 11.8. The quantitative estimate of drug-likeness (QED) is 0.857. The van der Waals surface area contributed by atoms with Crippen molar-refractivity contribution in [2.24, 2.45) is 0 Å². The van der Waals surface area contributed by atoms with Gasteiger partial charge >= 0.3 is 5.97 Å². The molecule has 0 amide bonds. The first-order valence-corrected chi connectivity index (χ1v) is 6.28. The molecule has 4 heteroatoms. The molecule has 1 unspecified atom stereocenters. The molecule has 0 radical (unpaired) electrons. The maximum absolute atomic E-state index is 11.8. The summed E-state index contributed by atoms with van der Waals surface area (Å²) in [7, 11) is 1.60. The molecule has 1 atom stereocenters. The summed E-state index contributed by atoms with van der Waals surface area (Å²) in [6, 6.07) is 7.44. The highest BCUT2D eigenvalue weighted by Crippen LogP contribution is 2.36. The van der Waals surface area contributed by atoms with Gasteiger partial charge in [0.05, 0.1) is 12.5 Å². The number of rotatable bonds is 3. The highest BCUT2D eigenvalue weighted by atomic mass is 16.5. The van der Waals surface area contributed by atoms with Gasteiger partial charge in [-0.15, -0.1) is 0 Å². The zero-order valence-corrected chi connectivity index (χ0v) is 10.6. The molecular formula is C14H19NO3. The lowest BCUT2D eigenvalue weighted by atomic mass is 9.74. The summed E-state index contributed by atoms with van der Waals surface area (Å²) >= 11 is 0. The van der Waals surface area contributed by atoms with E-state index in [-0.39, 0.29) is 0 Å². The highest BCUT2D eigenvalue weighted by molar-refractivity contribution is 5.81. The maximum atomic E-state index is 11.8. The van der Waals surface area contributed by atoms with Gasteiger partial charge in [0.15, 0.2) is 0 Å². The van der Waals surface area contributed by atoms with E-state index in [0.29, 0.717) is 18.6 Å². The van der Waals surface area contributed by atoms with Crippen molar-refractivity contribution in [2.45, 2.75) is 24.7 Å². The summed E-state index contributed by atoms with van der Waals surface area (Å²) in [5.74, 6) is -0.0233. The molecule has 4 nitrogen and oxygen atoms in total. The van der Waals surface area contributed by atoms with Gasteiger partial charge in [-0.25, -0.2) is 0 Å². The van der Waals surface area contributed by atoms with Gasteiger partial charge in [-0.05, 0) is 50.0 Å².